The lowest BCUT2D eigenvalue weighted by Crippen LogP contribution is -2.21. The molecule has 0 aromatic carbocycles. The van der Waals surface area contributed by atoms with E-state index in [9.17, 15) is 0 Å². The smallest absolute Gasteiger partial charge is 0.0543 e. The van der Waals surface area contributed by atoms with E-state index in [-0.39, 0.29) is 0 Å². The minimum absolute atomic E-state index is 0.767. The highest BCUT2D eigenvalue weighted by molar-refractivity contribution is 7.80. The fraction of sp³-hybridized carbons (Fsp3) is 0.615. The number of nitrogens with zero attached hydrogens (tertiary/aromatic N) is 2. The Bertz CT molecular complexity index is 277. The summed E-state index contributed by atoms with van der Waals surface area (Å²) in [5, 5.41) is 0. The predicted octanol–water partition coefficient (Wildman–Crippen LogP) is 2.86. The molecule has 0 N–H and O–H groups in total. The molecule has 0 bridgehead atoms. The zero-order valence-electron chi connectivity index (χ0n) is 10.3. The van der Waals surface area contributed by atoms with Gasteiger partial charge in [0.05, 0.1) is 5.69 Å². The van der Waals surface area contributed by atoms with E-state index < -0.39 is 0 Å². The average molecular weight is 238 g/mol. The molecule has 90 valence electrons. The molecule has 3 heteroatoms. The van der Waals surface area contributed by atoms with Gasteiger partial charge in [0.2, 0.25) is 0 Å². The second kappa shape index (κ2) is 7.69. The van der Waals surface area contributed by atoms with Gasteiger partial charge in [0, 0.05) is 12.7 Å². The molecule has 0 radical (unpaired) electrons. The molecule has 1 heterocycles. The Morgan fingerprint density at radius 1 is 1.38 bits per heavy atom. The van der Waals surface area contributed by atoms with Gasteiger partial charge in [0.15, 0.2) is 0 Å². The summed E-state index contributed by atoms with van der Waals surface area (Å²) in [6.45, 7) is 4.37. The molecule has 1 atom stereocenters. The van der Waals surface area contributed by atoms with Gasteiger partial charge in [0.25, 0.3) is 0 Å². The van der Waals surface area contributed by atoms with Crippen LogP contribution >= 0.6 is 12.6 Å². The third-order valence-electron chi connectivity index (χ3n) is 2.78. The highest BCUT2D eigenvalue weighted by atomic mass is 32.1. The number of rotatable bonds is 7. The Morgan fingerprint density at radius 3 is 2.81 bits per heavy atom. The van der Waals surface area contributed by atoms with Crippen molar-refractivity contribution in [3.05, 3.63) is 30.1 Å². The van der Waals surface area contributed by atoms with Crippen molar-refractivity contribution in [2.45, 2.75) is 26.3 Å². The zero-order chi connectivity index (χ0) is 11.8. The van der Waals surface area contributed by atoms with Crippen LogP contribution in [0.4, 0.5) is 0 Å². The maximum atomic E-state index is 4.33. The number of pyridine rings is 1. The van der Waals surface area contributed by atoms with Crippen molar-refractivity contribution in [2.75, 3.05) is 19.3 Å². The zero-order valence-corrected chi connectivity index (χ0v) is 11.2. The lowest BCUT2D eigenvalue weighted by molar-refractivity contribution is 0.294. The Kier molecular flexibility index (Phi) is 6.50. The van der Waals surface area contributed by atoms with Gasteiger partial charge in [-0.3, -0.25) is 4.98 Å². The van der Waals surface area contributed by atoms with Crippen molar-refractivity contribution in [3.63, 3.8) is 0 Å². The largest absolute Gasteiger partial charge is 0.301 e. The van der Waals surface area contributed by atoms with Crippen LogP contribution in [0.5, 0.6) is 0 Å². The first-order chi connectivity index (χ1) is 7.72. The van der Waals surface area contributed by atoms with Crippen molar-refractivity contribution >= 4 is 12.6 Å². The van der Waals surface area contributed by atoms with E-state index in [1.807, 2.05) is 18.3 Å². The summed E-state index contributed by atoms with van der Waals surface area (Å²) in [6.07, 6.45) is 4.30. The average Bonchev–Trinajstić information content (AvgIpc) is 2.28. The maximum Gasteiger partial charge on any atom is 0.0543 e. The molecule has 1 unspecified atom stereocenters. The normalized spacial score (nSPS) is 13.0. The lowest BCUT2D eigenvalue weighted by Gasteiger charge is -2.18. The Labute approximate surface area is 104 Å². The first-order valence-electron chi connectivity index (χ1n) is 5.91. The molecular formula is C13H22N2S. The molecule has 0 aliphatic heterocycles. The van der Waals surface area contributed by atoms with E-state index in [2.05, 4.69) is 42.6 Å². The van der Waals surface area contributed by atoms with E-state index in [1.54, 1.807) is 0 Å². The maximum absolute atomic E-state index is 4.33. The molecule has 1 aromatic rings. The van der Waals surface area contributed by atoms with Crippen LogP contribution in [0.3, 0.4) is 0 Å². The van der Waals surface area contributed by atoms with Crippen LogP contribution < -0.4 is 0 Å². The fourth-order valence-corrected chi connectivity index (χ4v) is 2.09. The lowest BCUT2D eigenvalue weighted by atomic mass is 10.1. The minimum Gasteiger partial charge on any atom is -0.301 e. The van der Waals surface area contributed by atoms with E-state index in [0.29, 0.717) is 0 Å². The Balaban J connectivity index is 2.23. The van der Waals surface area contributed by atoms with Crippen molar-refractivity contribution in [1.29, 1.82) is 0 Å². The summed E-state index contributed by atoms with van der Waals surface area (Å²) in [6, 6.07) is 6.08. The molecule has 2 nitrogen and oxygen atoms in total. The van der Waals surface area contributed by atoms with Crippen LogP contribution in [-0.2, 0) is 6.54 Å². The fourth-order valence-electron chi connectivity index (χ4n) is 1.65. The third-order valence-corrected chi connectivity index (χ3v) is 3.04. The summed E-state index contributed by atoms with van der Waals surface area (Å²) in [7, 11) is 2.15. The second-order valence-corrected chi connectivity index (χ2v) is 4.91. The van der Waals surface area contributed by atoms with Crippen molar-refractivity contribution in [3.8, 4) is 0 Å². The monoisotopic (exact) mass is 238 g/mol. The van der Waals surface area contributed by atoms with Crippen LogP contribution in [0.2, 0.25) is 0 Å². The van der Waals surface area contributed by atoms with Gasteiger partial charge in [-0.05, 0) is 50.2 Å². The van der Waals surface area contributed by atoms with Crippen molar-refractivity contribution in [2.24, 2.45) is 5.92 Å². The first-order valence-corrected chi connectivity index (χ1v) is 6.55. The molecule has 0 saturated carbocycles. The van der Waals surface area contributed by atoms with E-state index in [0.717, 1.165) is 30.5 Å². The van der Waals surface area contributed by atoms with E-state index in [4.69, 9.17) is 0 Å². The highest BCUT2D eigenvalue weighted by Crippen LogP contribution is 2.09. The minimum atomic E-state index is 0.767. The molecule has 1 rings (SSSR count). The molecular weight excluding hydrogens is 216 g/mol. The van der Waals surface area contributed by atoms with Crippen LogP contribution in [0.25, 0.3) is 0 Å². The van der Waals surface area contributed by atoms with Gasteiger partial charge in [-0.2, -0.15) is 12.6 Å². The van der Waals surface area contributed by atoms with Gasteiger partial charge < -0.3 is 4.90 Å². The number of hydrogen-bond donors (Lipinski definition) is 1. The molecule has 1 aromatic heterocycles. The molecule has 0 amide bonds. The number of hydrogen-bond acceptors (Lipinski definition) is 3. The Hall–Kier alpha value is -0.540. The molecule has 0 spiro atoms. The van der Waals surface area contributed by atoms with Crippen LogP contribution in [-0.4, -0.2) is 29.2 Å². The van der Waals surface area contributed by atoms with Gasteiger partial charge in [-0.15, -0.1) is 0 Å². The summed E-state index contributed by atoms with van der Waals surface area (Å²) in [5.41, 5.74) is 1.15. The standard InChI is InChI=1S/C13H22N2S/c1-12(7-10-16)6-9-15(2)11-13-5-3-4-8-14-13/h3-5,8,12,16H,6-7,9-11H2,1-2H3. The third kappa shape index (κ3) is 5.52. The summed E-state index contributed by atoms with van der Waals surface area (Å²) in [5.74, 6) is 1.76. The second-order valence-electron chi connectivity index (χ2n) is 4.46. The summed E-state index contributed by atoms with van der Waals surface area (Å²) in [4.78, 5) is 6.66. The summed E-state index contributed by atoms with van der Waals surface area (Å²) >= 11 is 4.26. The molecule has 0 saturated heterocycles. The highest BCUT2D eigenvalue weighted by Gasteiger charge is 2.04. The first kappa shape index (κ1) is 13.5. The van der Waals surface area contributed by atoms with Crippen LogP contribution in [0.15, 0.2) is 24.4 Å². The number of thiol groups is 1. The quantitative estimate of drug-likeness (QED) is 0.735. The van der Waals surface area contributed by atoms with Crippen LogP contribution in [0.1, 0.15) is 25.5 Å². The molecule has 16 heavy (non-hydrogen) atoms. The van der Waals surface area contributed by atoms with Crippen molar-refractivity contribution < 1.29 is 0 Å². The number of aromatic nitrogens is 1. The van der Waals surface area contributed by atoms with Crippen molar-refractivity contribution in [1.82, 2.24) is 9.88 Å². The van der Waals surface area contributed by atoms with E-state index >= 15 is 0 Å². The molecule has 0 aliphatic rings. The van der Waals surface area contributed by atoms with Crippen LogP contribution in [0, 0.1) is 5.92 Å². The van der Waals surface area contributed by atoms with E-state index in [1.165, 1.54) is 12.8 Å². The predicted molar refractivity (Wildman–Crippen MR) is 72.8 cm³/mol. The summed E-state index contributed by atoms with van der Waals surface area (Å²) < 4.78 is 0. The molecule has 0 aliphatic carbocycles. The van der Waals surface area contributed by atoms with Gasteiger partial charge >= 0.3 is 0 Å². The topological polar surface area (TPSA) is 16.1 Å². The van der Waals surface area contributed by atoms with Gasteiger partial charge in [0.1, 0.15) is 0 Å². The Morgan fingerprint density at radius 2 is 2.19 bits per heavy atom. The molecule has 0 fully saturated rings. The van der Waals surface area contributed by atoms with Gasteiger partial charge in [-0.1, -0.05) is 13.0 Å². The van der Waals surface area contributed by atoms with Gasteiger partial charge in [-0.25, -0.2) is 0 Å². The SMILES string of the molecule is CC(CCS)CCN(C)Cc1ccccn1.